The van der Waals surface area contributed by atoms with Gasteiger partial charge in [0, 0.05) is 10.4 Å². The van der Waals surface area contributed by atoms with Gasteiger partial charge in [0.15, 0.2) is 6.61 Å². The van der Waals surface area contributed by atoms with Crippen LogP contribution in [-0.4, -0.2) is 25.6 Å². The number of benzene rings is 2. The van der Waals surface area contributed by atoms with Crippen LogP contribution in [0.4, 0.5) is 9.39 Å². The Morgan fingerprint density at radius 2 is 1.67 bits per heavy atom. The summed E-state index contributed by atoms with van der Waals surface area (Å²) in [5.41, 5.74) is 3.59. The maximum absolute atomic E-state index is 13.3. The van der Waals surface area contributed by atoms with Crippen LogP contribution in [0.3, 0.4) is 0 Å². The number of halogens is 1. The average molecular weight is 427 g/mol. The lowest BCUT2D eigenvalue weighted by molar-refractivity contribution is -0.118. The van der Waals surface area contributed by atoms with Crippen molar-refractivity contribution in [3.63, 3.8) is 0 Å². The van der Waals surface area contributed by atoms with Crippen LogP contribution in [0.1, 0.15) is 26.4 Å². The van der Waals surface area contributed by atoms with Crippen molar-refractivity contribution in [1.82, 2.24) is 0 Å². The van der Waals surface area contributed by atoms with Gasteiger partial charge >= 0.3 is 5.97 Å². The predicted octanol–water partition coefficient (Wildman–Crippen LogP) is 5.28. The number of hydrogen-bond acceptors (Lipinski definition) is 5. The summed E-state index contributed by atoms with van der Waals surface area (Å²) >= 11 is 1.26. The molecule has 1 heterocycles. The van der Waals surface area contributed by atoms with E-state index in [0.717, 1.165) is 16.0 Å². The zero-order chi connectivity index (χ0) is 21.8. The highest BCUT2D eigenvalue weighted by Crippen LogP contribution is 2.40. The van der Waals surface area contributed by atoms with Gasteiger partial charge in [-0.1, -0.05) is 18.2 Å². The van der Waals surface area contributed by atoms with Crippen LogP contribution in [0, 0.1) is 26.6 Å². The van der Waals surface area contributed by atoms with Crippen molar-refractivity contribution < 1.29 is 23.5 Å². The van der Waals surface area contributed by atoms with E-state index < -0.39 is 11.9 Å². The molecule has 0 saturated heterocycles. The Morgan fingerprint density at radius 1 is 1.03 bits per heavy atom. The van der Waals surface area contributed by atoms with E-state index in [4.69, 9.17) is 9.47 Å². The third kappa shape index (κ3) is 4.86. The molecule has 3 aromatic rings. The molecule has 0 radical (unpaired) electrons. The lowest BCUT2D eigenvalue weighted by atomic mass is 10.0. The molecule has 0 saturated carbocycles. The minimum Gasteiger partial charge on any atom is -0.484 e. The molecule has 1 amide bonds. The van der Waals surface area contributed by atoms with Crippen LogP contribution >= 0.6 is 11.3 Å². The quantitative estimate of drug-likeness (QED) is 0.544. The highest BCUT2D eigenvalue weighted by molar-refractivity contribution is 7.17. The molecule has 5 nitrogen and oxygen atoms in total. The van der Waals surface area contributed by atoms with Gasteiger partial charge in [-0.05, 0) is 61.7 Å². The van der Waals surface area contributed by atoms with E-state index in [9.17, 15) is 14.0 Å². The molecule has 0 unspecified atom stereocenters. The minimum absolute atomic E-state index is 0.202. The highest BCUT2D eigenvalue weighted by atomic mass is 32.1. The molecule has 0 aliphatic carbocycles. The molecule has 1 N–H and O–H groups in total. The van der Waals surface area contributed by atoms with Crippen molar-refractivity contribution in [2.24, 2.45) is 0 Å². The Morgan fingerprint density at radius 3 is 2.27 bits per heavy atom. The molecule has 0 spiro atoms. The molecule has 156 valence electrons. The first-order chi connectivity index (χ1) is 14.3. The molecule has 0 atom stereocenters. The Labute approximate surface area is 178 Å². The first-order valence-electron chi connectivity index (χ1n) is 9.27. The number of rotatable bonds is 6. The van der Waals surface area contributed by atoms with Crippen LogP contribution in [0.25, 0.3) is 11.1 Å². The molecule has 0 aliphatic heterocycles. The average Bonchev–Trinajstić information content (AvgIpc) is 3.01. The number of ether oxygens (including phenoxy) is 2. The molecule has 0 fully saturated rings. The Kier molecular flexibility index (Phi) is 6.52. The Balaban J connectivity index is 1.84. The largest absolute Gasteiger partial charge is 0.484 e. The number of hydrogen-bond donors (Lipinski definition) is 1. The summed E-state index contributed by atoms with van der Waals surface area (Å²) in [6.45, 7) is 5.53. The molecule has 30 heavy (non-hydrogen) atoms. The summed E-state index contributed by atoms with van der Waals surface area (Å²) < 4.78 is 23.8. The standard InChI is InChI=1S/C23H22FNO4S/c1-13-9-14(2)11-18(10-13)29-12-19(26)25-22-21(23(27)28-4)20(15(3)30-22)16-5-7-17(24)8-6-16/h5-11H,12H2,1-4H3,(H,25,26). The van der Waals surface area contributed by atoms with E-state index in [1.54, 1.807) is 12.1 Å². The van der Waals surface area contributed by atoms with Gasteiger partial charge in [0.2, 0.25) is 0 Å². The molecule has 1 aromatic heterocycles. The summed E-state index contributed by atoms with van der Waals surface area (Å²) in [6.07, 6.45) is 0. The predicted molar refractivity (Wildman–Crippen MR) is 116 cm³/mol. The maximum Gasteiger partial charge on any atom is 0.341 e. The summed E-state index contributed by atoms with van der Waals surface area (Å²) in [4.78, 5) is 25.8. The van der Waals surface area contributed by atoms with Crippen LogP contribution in [-0.2, 0) is 9.53 Å². The summed E-state index contributed by atoms with van der Waals surface area (Å²) in [7, 11) is 1.28. The fourth-order valence-corrected chi connectivity index (χ4v) is 4.30. The topological polar surface area (TPSA) is 64.6 Å². The molecule has 3 rings (SSSR count). The number of methoxy groups -OCH3 is 1. The second kappa shape index (κ2) is 9.09. The van der Waals surface area contributed by atoms with Crippen molar-refractivity contribution >= 4 is 28.2 Å². The van der Waals surface area contributed by atoms with E-state index in [1.165, 1.54) is 30.6 Å². The van der Waals surface area contributed by atoms with Crippen molar-refractivity contribution in [3.05, 3.63) is 69.8 Å². The molecule has 2 aromatic carbocycles. The van der Waals surface area contributed by atoms with Crippen molar-refractivity contribution in [2.75, 3.05) is 19.0 Å². The number of nitrogens with one attached hydrogen (secondary N) is 1. The smallest absolute Gasteiger partial charge is 0.341 e. The monoisotopic (exact) mass is 427 g/mol. The normalized spacial score (nSPS) is 10.6. The number of aryl methyl sites for hydroxylation is 3. The van der Waals surface area contributed by atoms with Crippen LogP contribution in [0.15, 0.2) is 42.5 Å². The van der Waals surface area contributed by atoms with E-state index in [-0.39, 0.29) is 18.0 Å². The third-order valence-electron chi connectivity index (χ3n) is 4.42. The second-order valence-electron chi connectivity index (χ2n) is 6.90. The van der Waals surface area contributed by atoms with Crippen LogP contribution in [0.2, 0.25) is 0 Å². The van der Waals surface area contributed by atoms with E-state index in [0.29, 0.717) is 21.9 Å². The number of amides is 1. The number of carbonyl (C=O) groups is 2. The number of carbonyl (C=O) groups excluding carboxylic acids is 2. The summed E-state index contributed by atoms with van der Waals surface area (Å²) in [5.74, 6) is -0.746. The highest BCUT2D eigenvalue weighted by Gasteiger charge is 2.25. The van der Waals surface area contributed by atoms with Gasteiger partial charge in [0.1, 0.15) is 22.1 Å². The maximum atomic E-state index is 13.3. The van der Waals surface area contributed by atoms with E-state index in [1.807, 2.05) is 39.0 Å². The molecular weight excluding hydrogens is 405 g/mol. The molecule has 0 bridgehead atoms. The number of anilines is 1. The van der Waals surface area contributed by atoms with Gasteiger partial charge in [0.05, 0.1) is 7.11 Å². The molecule has 0 aliphatic rings. The van der Waals surface area contributed by atoms with Gasteiger partial charge in [0.25, 0.3) is 5.91 Å². The minimum atomic E-state index is -0.579. The lowest BCUT2D eigenvalue weighted by Crippen LogP contribution is -2.21. The Bertz CT molecular complexity index is 1070. The van der Waals surface area contributed by atoms with Crippen molar-refractivity contribution in [1.29, 1.82) is 0 Å². The van der Waals surface area contributed by atoms with Gasteiger partial charge in [-0.3, -0.25) is 4.79 Å². The third-order valence-corrected chi connectivity index (χ3v) is 5.45. The van der Waals surface area contributed by atoms with Gasteiger partial charge in [-0.15, -0.1) is 11.3 Å². The van der Waals surface area contributed by atoms with Gasteiger partial charge in [-0.2, -0.15) is 0 Å². The Hall–Kier alpha value is -3.19. The van der Waals surface area contributed by atoms with Gasteiger partial charge in [-0.25, -0.2) is 9.18 Å². The number of thiophene rings is 1. The van der Waals surface area contributed by atoms with Crippen molar-refractivity contribution in [3.8, 4) is 16.9 Å². The zero-order valence-corrected chi connectivity index (χ0v) is 18.0. The summed E-state index contributed by atoms with van der Waals surface area (Å²) in [5, 5.41) is 3.12. The fourth-order valence-electron chi connectivity index (χ4n) is 3.22. The molecular formula is C23H22FNO4S. The van der Waals surface area contributed by atoms with E-state index in [2.05, 4.69) is 5.32 Å². The van der Waals surface area contributed by atoms with Gasteiger partial charge < -0.3 is 14.8 Å². The second-order valence-corrected chi connectivity index (χ2v) is 8.12. The summed E-state index contributed by atoms with van der Waals surface area (Å²) in [6, 6.07) is 11.5. The number of esters is 1. The fraction of sp³-hybridized carbons (Fsp3) is 0.217. The van der Waals surface area contributed by atoms with Crippen LogP contribution < -0.4 is 10.1 Å². The first-order valence-corrected chi connectivity index (χ1v) is 10.1. The zero-order valence-electron chi connectivity index (χ0n) is 17.2. The lowest BCUT2D eigenvalue weighted by Gasteiger charge is -2.10. The molecule has 7 heteroatoms. The SMILES string of the molecule is COC(=O)c1c(NC(=O)COc2cc(C)cc(C)c2)sc(C)c1-c1ccc(F)cc1. The van der Waals surface area contributed by atoms with Crippen molar-refractivity contribution in [2.45, 2.75) is 20.8 Å². The van der Waals surface area contributed by atoms with Crippen LogP contribution in [0.5, 0.6) is 5.75 Å². The van der Waals surface area contributed by atoms with E-state index >= 15 is 0 Å². The first kappa shape index (κ1) is 21.5.